The first kappa shape index (κ1) is 22.8. The molecule has 10 heteroatoms. The van der Waals surface area contributed by atoms with Gasteiger partial charge in [-0.1, -0.05) is 5.92 Å². The molecule has 36 heavy (non-hydrogen) atoms. The lowest BCUT2D eigenvalue weighted by atomic mass is 10.2. The SMILES string of the molecule is CN(C)CC#CC(=O)Nc1ccc2ncnc(Nc3ccc(Oc4ccn5cnnc5c4)cc3)c2c1. The zero-order chi connectivity index (χ0) is 24.9. The molecule has 0 bridgehead atoms. The highest BCUT2D eigenvalue weighted by atomic mass is 16.5. The Kier molecular flexibility index (Phi) is 6.38. The van der Waals surface area contributed by atoms with Gasteiger partial charge in [-0.25, -0.2) is 9.97 Å². The summed E-state index contributed by atoms with van der Waals surface area (Å²) in [6.07, 6.45) is 4.97. The number of carbonyl (C=O) groups is 1. The summed E-state index contributed by atoms with van der Waals surface area (Å²) in [5.41, 5.74) is 2.88. The number of hydrogen-bond acceptors (Lipinski definition) is 8. The van der Waals surface area contributed by atoms with Gasteiger partial charge < -0.3 is 15.4 Å². The Labute approximate surface area is 207 Å². The van der Waals surface area contributed by atoms with Gasteiger partial charge in [-0.05, 0) is 68.5 Å². The highest BCUT2D eigenvalue weighted by Gasteiger charge is 2.08. The first-order chi connectivity index (χ1) is 17.5. The number of aromatic nitrogens is 5. The van der Waals surface area contributed by atoms with Gasteiger partial charge in [0.15, 0.2) is 5.65 Å². The molecule has 0 spiro atoms. The fraction of sp³-hybridized carbons (Fsp3) is 0.115. The Balaban J connectivity index is 1.30. The molecule has 0 radical (unpaired) electrons. The highest BCUT2D eigenvalue weighted by Crippen LogP contribution is 2.28. The monoisotopic (exact) mass is 478 g/mol. The van der Waals surface area contributed by atoms with E-state index in [1.165, 1.54) is 6.33 Å². The molecule has 0 aliphatic heterocycles. The third-order valence-electron chi connectivity index (χ3n) is 5.11. The molecule has 2 N–H and O–H groups in total. The van der Waals surface area contributed by atoms with E-state index in [4.69, 9.17) is 4.74 Å². The molecule has 5 rings (SSSR count). The van der Waals surface area contributed by atoms with Crippen LogP contribution in [0.2, 0.25) is 0 Å². The average Bonchev–Trinajstić information content (AvgIpc) is 3.33. The Hall–Kier alpha value is -5.01. The molecule has 1 amide bonds. The number of pyridine rings is 1. The molecule has 0 saturated heterocycles. The second-order valence-electron chi connectivity index (χ2n) is 8.16. The molecule has 0 fully saturated rings. The molecule has 178 valence electrons. The van der Waals surface area contributed by atoms with Crippen molar-refractivity contribution in [2.75, 3.05) is 31.3 Å². The zero-order valence-electron chi connectivity index (χ0n) is 19.6. The van der Waals surface area contributed by atoms with E-state index in [2.05, 4.69) is 42.6 Å². The van der Waals surface area contributed by atoms with Crippen LogP contribution in [0, 0.1) is 11.8 Å². The van der Waals surface area contributed by atoms with Gasteiger partial charge in [0.2, 0.25) is 0 Å². The van der Waals surface area contributed by atoms with Crippen molar-refractivity contribution in [1.29, 1.82) is 0 Å². The molecule has 3 aromatic heterocycles. The summed E-state index contributed by atoms with van der Waals surface area (Å²) in [5.74, 6) is 6.99. The van der Waals surface area contributed by atoms with Crippen molar-refractivity contribution >= 4 is 39.6 Å². The number of nitrogens with one attached hydrogen (secondary N) is 2. The van der Waals surface area contributed by atoms with Crippen LogP contribution in [-0.4, -0.2) is 56.0 Å². The number of benzene rings is 2. The van der Waals surface area contributed by atoms with Crippen LogP contribution in [0.1, 0.15) is 0 Å². The van der Waals surface area contributed by atoms with Crippen LogP contribution in [0.5, 0.6) is 11.5 Å². The number of carbonyl (C=O) groups excluding carboxylic acids is 1. The topological polar surface area (TPSA) is 110 Å². The molecule has 0 saturated carbocycles. The summed E-state index contributed by atoms with van der Waals surface area (Å²) in [4.78, 5) is 22.8. The largest absolute Gasteiger partial charge is 0.457 e. The molecular formula is C26H22N8O2. The number of amides is 1. The minimum Gasteiger partial charge on any atom is -0.457 e. The number of nitrogens with zero attached hydrogens (tertiary/aromatic N) is 6. The highest BCUT2D eigenvalue weighted by molar-refractivity contribution is 6.05. The predicted molar refractivity (Wildman–Crippen MR) is 137 cm³/mol. The number of ether oxygens (including phenoxy) is 1. The molecule has 0 atom stereocenters. The van der Waals surface area contributed by atoms with Gasteiger partial charge in [-0.2, -0.15) is 0 Å². The van der Waals surface area contributed by atoms with E-state index in [9.17, 15) is 4.79 Å². The number of anilines is 3. The first-order valence-electron chi connectivity index (χ1n) is 11.1. The van der Waals surface area contributed by atoms with Crippen molar-refractivity contribution < 1.29 is 9.53 Å². The van der Waals surface area contributed by atoms with Crippen LogP contribution >= 0.6 is 0 Å². The average molecular weight is 479 g/mol. The molecule has 0 aliphatic carbocycles. The Morgan fingerprint density at radius 2 is 1.86 bits per heavy atom. The third kappa shape index (κ3) is 5.38. The van der Waals surface area contributed by atoms with E-state index < -0.39 is 0 Å². The van der Waals surface area contributed by atoms with Crippen LogP contribution in [-0.2, 0) is 4.79 Å². The van der Waals surface area contributed by atoms with Crippen molar-refractivity contribution in [3.8, 4) is 23.3 Å². The minimum absolute atomic E-state index is 0.374. The van der Waals surface area contributed by atoms with Crippen LogP contribution in [0.15, 0.2) is 73.4 Å². The van der Waals surface area contributed by atoms with Crippen molar-refractivity contribution in [3.63, 3.8) is 0 Å². The zero-order valence-corrected chi connectivity index (χ0v) is 19.6. The molecule has 0 unspecified atom stereocenters. The van der Waals surface area contributed by atoms with Gasteiger partial charge in [0, 0.05) is 29.0 Å². The normalized spacial score (nSPS) is 10.8. The fourth-order valence-corrected chi connectivity index (χ4v) is 3.42. The summed E-state index contributed by atoms with van der Waals surface area (Å²) >= 11 is 0. The van der Waals surface area contributed by atoms with E-state index in [1.807, 2.05) is 73.7 Å². The van der Waals surface area contributed by atoms with Gasteiger partial charge in [-0.3, -0.25) is 14.1 Å². The van der Waals surface area contributed by atoms with Crippen LogP contribution in [0.4, 0.5) is 17.2 Å². The van der Waals surface area contributed by atoms with E-state index >= 15 is 0 Å². The van der Waals surface area contributed by atoms with Crippen LogP contribution in [0.25, 0.3) is 16.6 Å². The number of fused-ring (bicyclic) bond motifs is 2. The Morgan fingerprint density at radius 1 is 1.03 bits per heavy atom. The van der Waals surface area contributed by atoms with E-state index in [0.717, 1.165) is 16.6 Å². The number of rotatable bonds is 6. The minimum atomic E-state index is -0.374. The molecule has 0 aliphatic rings. The maximum atomic E-state index is 12.1. The van der Waals surface area contributed by atoms with E-state index in [1.54, 1.807) is 16.8 Å². The second-order valence-corrected chi connectivity index (χ2v) is 8.16. The smallest absolute Gasteiger partial charge is 0.300 e. The van der Waals surface area contributed by atoms with Gasteiger partial charge in [0.05, 0.1) is 12.1 Å². The first-order valence-corrected chi connectivity index (χ1v) is 11.1. The van der Waals surface area contributed by atoms with Crippen LogP contribution in [0.3, 0.4) is 0 Å². The molecular weight excluding hydrogens is 456 g/mol. The lowest BCUT2D eigenvalue weighted by Crippen LogP contribution is -2.13. The summed E-state index contributed by atoms with van der Waals surface area (Å²) in [6, 6.07) is 16.6. The van der Waals surface area contributed by atoms with E-state index in [-0.39, 0.29) is 5.91 Å². The standard InChI is InChI=1S/C26H22N8O2/c1-33(2)12-3-4-25(35)30-19-7-10-23-22(14-19)26(28-16-27-23)31-18-5-8-20(9-6-18)36-21-11-13-34-17-29-32-24(34)15-21/h5-11,13-17H,12H2,1-2H3,(H,30,35)(H,27,28,31). The lowest BCUT2D eigenvalue weighted by Gasteiger charge is -2.11. The van der Waals surface area contributed by atoms with Crippen molar-refractivity contribution in [3.05, 3.63) is 73.4 Å². The maximum Gasteiger partial charge on any atom is 0.300 e. The van der Waals surface area contributed by atoms with E-state index in [0.29, 0.717) is 35.2 Å². The van der Waals surface area contributed by atoms with Gasteiger partial charge in [0.25, 0.3) is 5.91 Å². The molecule has 2 aromatic carbocycles. The maximum absolute atomic E-state index is 12.1. The van der Waals surface area contributed by atoms with Crippen molar-refractivity contribution in [2.24, 2.45) is 0 Å². The fourth-order valence-electron chi connectivity index (χ4n) is 3.42. The second kappa shape index (κ2) is 10.1. The summed E-state index contributed by atoms with van der Waals surface area (Å²) in [7, 11) is 3.79. The Morgan fingerprint density at radius 3 is 2.69 bits per heavy atom. The molecule has 5 aromatic rings. The van der Waals surface area contributed by atoms with Crippen LogP contribution < -0.4 is 15.4 Å². The molecule has 3 heterocycles. The lowest BCUT2D eigenvalue weighted by molar-refractivity contribution is -0.111. The quantitative estimate of drug-likeness (QED) is 0.356. The predicted octanol–water partition coefficient (Wildman–Crippen LogP) is 3.71. The summed E-state index contributed by atoms with van der Waals surface area (Å²) in [6.45, 7) is 0.508. The number of hydrogen-bond donors (Lipinski definition) is 2. The van der Waals surface area contributed by atoms with Gasteiger partial charge in [0.1, 0.15) is 30.0 Å². The molecule has 10 nitrogen and oxygen atoms in total. The van der Waals surface area contributed by atoms with Crippen molar-refractivity contribution in [1.82, 2.24) is 29.5 Å². The van der Waals surface area contributed by atoms with Crippen molar-refractivity contribution in [2.45, 2.75) is 0 Å². The summed E-state index contributed by atoms with van der Waals surface area (Å²) < 4.78 is 7.74. The van der Waals surface area contributed by atoms with Gasteiger partial charge >= 0.3 is 0 Å². The summed E-state index contributed by atoms with van der Waals surface area (Å²) in [5, 5.41) is 14.8. The van der Waals surface area contributed by atoms with Gasteiger partial charge in [-0.15, -0.1) is 10.2 Å². The Bertz CT molecular complexity index is 1600. The third-order valence-corrected chi connectivity index (χ3v) is 5.11.